The van der Waals surface area contributed by atoms with E-state index in [4.69, 9.17) is 5.73 Å². The molecule has 1 aromatic carbocycles. The number of nitrogens with one attached hydrogen (secondary N) is 1. The molecule has 112 valence electrons. The zero-order valence-corrected chi connectivity index (χ0v) is 11.7. The van der Waals surface area contributed by atoms with Gasteiger partial charge in [-0.3, -0.25) is 9.36 Å². The standard InChI is InChI=1S/C14H17FN4O2/c1-18-7-8-19(14(18)21)6-2-3-13(20)17-12-5-4-10(15)9-11(12)16/h4-5,7-9H,2-3,6,16H2,1H3,(H,17,20). The summed E-state index contributed by atoms with van der Waals surface area (Å²) in [5.74, 6) is -0.675. The summed E-state index contributed by atoms with van der Waals surface area (Å²) in [6, 6.07) is 3.80. The summed E-state index contributed by atoms with van der Waals surface area (Å²) in [4.78, 5) is 23.4. The normalized spacial score (nSPS) is 10.6. The first kappa shape index (κ1) is 14.8. The van der Waals surface area contributed by atoms with Gasteiger partial charge in [-0.1, -0.05) is 0 Å². The van der Waals surface area contributed by atoms with Crippen molar-refractivity contribution in [3.63, 3.8) is 0 Å². The number of carbonyl (C=O) groups excluding carboxylic acids is 1. The first-order valence-corrected chi connectivity index (χ1v) is 6.54. The Labute approximate surface area is 121 Å². The quantitative estimate of drug-likeness (QED) is 0.816. The predicted octanol–water partition coefficient (Wildman–Crippen LogP) is 1.33. The predicted molar refractivity (Wildman–Crippen MR) is 78.3 cm³/mol. The van der Waals surface area contributed by atoms with Gasteiger partial charge in [-0.15, -0.1) is 0 Å². The molecule has 7 heteroatoms. The highest BCUT2D eigenvalue weighted by Crippen LogP contribution is 2.19. The summed E-state index contributed by atoms with van der Waals surface area (Å²) in [7, 11) is 1.67. The number of rotatable bonds is 5. The number of nitrogens with two attached hydrogens (primary N) is 1. The second-order valence-electron chi connectivity index (χ2n) is 4.77. The van der Waals surface area contributed by atoms with Crippen LogP contribution >= 0.6 is 0 Å². The second kappa shape index (κ2) is 6.25. The molecule has 6 nitrogen and oxygen atoms in total. The van der Waals surface area contributed by atoms with Gasteiger partial charge in [0, 0.05) is 32.4 Å². The van der Waals surface area contributed by atoms with E-state index in [0.717, 1.165) is 6.07 Å². The first-order valence-electron chi connectivity index (χ1n) is 6.54. The van der Waals surface area contributed by atoms with Gasteiger partial charge in [0.05, 0.1) is 11.4 Å². The molecule has 3 N–H and O–H groups in total. The lowest BCUT2D eigenvalue weighted by atomic mass is 10.2. The minimum atomic E-state index is -0.450. The van der Waals surface area contributed by atoms with Crippen molar-refractivity contribution < 1.29 is 9.18 Å². The molecule has 0 aliphatic rings. The maximum Gasteiger partial charge on any atom is 0.327 e. The molecule has 0 spiro atoms. The van der Waals surface area contributed by atoms with Crippen molar-refractivity contribution in [1.82, 2.24) is 9.13 Å². The van der Waals surface area contributed by atoms with E-state index in [1.807, 2.05) is 0 Å². The molecule has 0 saturated carbocycles. The molecule has 21 heavy (non-hydrogen) atoms. The lowest BCUT2D eigenvalue weighted by molar-refractivity contribution is -0.116. The number of nitrogens with zero attached hydrogens (tertiary/aromatic N) is 2. The number of amides is 1. The first-order chi connectivity index (χ1) is 9.97. The van der Waals surface area contributed by atoms with Crippen molar-refractivity contribution in [2.24, 2.45) is 7.05 Å². The monoisotopic (exact) mass is 292 g/mol. The summed E-state index contributed by atoms with van der Waals surface area (Å²) in [6.07, 6.45) is 4.12. The number of halogens is 1. The molecular weight excluding hydrogens is 275 g/mol. The Bertz CT molecular complexity index is 705. The van der Waals surface area contributed by atoms with Crippen molar-refractivity contribution in [2.75, 3.05) is 11.1 Å². The molecule has 0 saturated heterocycles. The van der Waals surface area contributed by atoms with Gasteiger partial charge < -0.3 is 15.6 Å². The van der Waals surface area contributed by atoms with Crippen LogP contribution in [0.4, 0.5) is 15.8 Å². The fourth-order valence-electron chi connectivity index (χ4n) is 1.95. The van der Waals surface area contributed by atoms with Crippen LogP contribution in [0.5, 0.6) is 0 Å². The van der Waals surface area contributed by atoms with Crippen molar-refractivity contribution in [2.45, 2.75) is 19.4 Å². The fourth-order valence-corrected chi connectivity index (χ4v) is 1.95. The van der Waals surface area contributed by atoms with Gasteiger partial charge in [-0.05, 0) is 24.6 Å². The molecule has 0 atom stereocenters. The Kier molecular flexibility index (Phi) is 4.42. The van der Waals surface area contributed by atoms with Crippen LogP contribution < -0.4 is 16.7 Å². The van der Waals surface area contributed by atoms with Crippen LogP contribution in [-0.4, -0.2) is 15.0 Å². The van der Waals surface area contributed by atoms with Crippen molar-refractivity contribution in [3.05, 3.63) is 46.9 Å². The number of hydrogen-bond donors (Lipinski definition) is 2. The number of carbonyl (C=O) groups is 1. The van der Waals surface area contributed by atoms with Crippen LogP contribution in [0.15, 0.2) is 35.4 Å². The van der Waals surface area contributed by atoms with E-state index in [1.165, 1.54) is 16.7 Å². The smallest absolute Gasteiger partial charge is 0.327 e. The highest BCUT2D eigenvalue weighted by molar-refractivity contribution is 5.93. The second-order valence-corrected chi connectivity index (χ2v) is 4.77. The van der Waals surface area contributed by atoms with Crippen LogP contribution in [0.2, 0.25) is 0 Å². The maximum atomic E-state index is 12.9. The highest BCUT2D eigenvalue weighted by atomic mass is 19.1. The lowest BCUT2D eigenvalue weighted by Crippen LogP contribution is -2.22. The Morgan fingerprint density at radius 3 is 2.76 bits per heavy atom. The number of aromatic nitrogens is 2. The van der Waals surface area contributed by atoms with Gasteiger partial charge in [-0.2, -0.15) is 0 Å². The number of aryl methyl sites for hydroxylation is 2. The van der Waals surface area contributed by atoms with Crippen molar-refractivity contribution in [3.8, 4) is 0 Å². The van der Waals surface area contributed by atoms with Gasteiger partial charge in [-0.25, -0.2) is 9.18 Å². The van der Waals surface area contributed by atoms with Crippen LogP contribution in [0.25, 0.3) is 0 Å². The summed E-state index contributed by atoms with van der Waals surface area (Å²) in [6.45, 7) is 0.464. The van der Waals surface area contributed by atoms with Gasteiger partial charge >= 0.3 is 5.69 Å². The molecule has 1 aromatic heterocycles. The molecular formula is C14H17FN4O2. The Morgan fingerprint density at radius 1 is 1.38 bits per heavy atom. The molecule has 1 heterocycles. The van der Waals surface area contributed by atoms with E-state index >= 15 is 0 Å². The van der Waals surface area contributed by atoms with Crippen molar-refractivity contribution in [1.29, 1.82) is 0 Å². The molecule has 1 amide bonds. The molecule has 0 unspecified atom stereocenters. The third-order valence-corrected chi connectivity index (χ3v) is 3.11. The van der Waals surface area contributed by atoms with E-state index in [1.54, 1.807) is 24.0 Å². The SMILES string of the molecule is Cn1ccn(CCCC(=O)Nc2ccc(F)cc2N)c1=O. The zero-order valence-electron chi connectivity index (χ0n) is 11.7. The van der Waals surface area contributed by atoms with Gasteiger partial charge in [0.1, 0.15) is 5.82 Å². The fraction of sp³-hybridized carbons (Fsp3) is 0.286. The van der Waals surface area contributed by atoms with Gasteiger partial charge in [0.15, 0.2) is 0 Å². The number of nitrogen functional groups attached to an aromatic ring is 1. The number of benzene rings is 1. The van der Waals surface area contributed by atoms with E-state index < -0.39 is 5.82 Å². The van der Waals surface area contributed by atoms with E-state index in [0.29, 0.717) is 18.7 Å². The van der Waals surface area contributed by atoms with E-state index in [9.17, 15) is 14.0 Å². The molecule has 2 rings (SSSR count). The summed E-state index contributed by atoms with van der Waals surface area (Å²) in [5, 5.41) is 2.62. The average Bonchev–Trinajstić information content (AvgIpc) is 2.74. The minimum Gasteiger partial charge on any atom is -0.397 e. The topological polar surface area (TPSA) is 82.1 Å². The van der Waals surface area contributed by atoms with Crippen LogP contribution in [0, 0.1) is 5.82 Å². The Hall–Kier alpha value is -2.57. The van der Waals surface area contributed by atoms with E-state index in [-0.39, 0.29) is 23.7 Å². The maximum absolute atomic E-state index is 12.9. The molecule has 0 bridgehead atoms. The van der Waals surface area contributed by atoms with Crippen LogP contribution in [0.1, 0.15) is 12.8 Å². The molecule has 0 aliphatic carbocycles. The summed E-state index contributed by atoms with van der Waals surface area (Å²) in [5.41, 5.74) is 6.07. The molecule has 0 radical (unpaired) electrons. The molecule has 0 fully saturated rings. The third-order valence-electron chi connectivity index (χ3n) is 3.11. The Morgan fingerprint density at radius 2 is 2.14 bits per heavy atom. The minimum absolute atomic E-state index is 0.113. The summed E-state index contributed by atoms with van der Waals surface area (Å²) < 4.78 is 15.9. The number of anilines is 2. The summed E-state index contributed by atoms with van der Waals surface area (Å²) >= 11 is 0. The molecule has 2 aromatic rings. The third kappa shape index (κ3) is 3.71. The largest absolute Gasteiger partial charge is 0.397 e. The zero-order chi connectivity index (χ0) is 15.4. The molecule has 0 aliphatic heterocycles. The van der Waals surface area contributed by atoms with Crippen LogP contribution in [-0.2, 0) is 18.4 Å². The van der Waals surface area contributed by atoms with Crippen molar-refractivity contribution >= 4 is 17.3 Å². The van der Waals surface area contributed by atoms with Crippen LogP contribution in [0.3, 0.4) is 0 Å². The number of imidazole rings is 1. The Balaban J connectivity index is 1.85. The van der Waals surface area contributed by atoms with Gasteiger partial charge in [0.25, 0.3) is 0 Å². The van der Waals surface area contributed by atoms with E-state index in [2.05, 4.69) is 5.32 Å². The lowest BCUT2D eigenvalue weighted by Gasteiger charge is -2.08. The number of hydrogen-bond acceptors (Lipinski definition) is 3. The average molecular weight is 292 g/mol. The van der Waals surface area contributed by atoms with Gasteiger partial charge in [0.2, 0.25) is 5.91 Å². The highest BCUT2D eigenvalue weighted by Gasteiger charge is 2.07.